The van der Waals surface area contributed by atoms with Crippen LogP contribution in [0.15, 0.2) is 17.0 Å². The molecule has 3 N–H and O–H groups in total. The number of rotatable bonds is 6. The molecule has 6 nitrogen and oxygen atoms in total. The first-order valence-electron chi connectivity index (χ1n) is 5.67. The summed E-state index contributed by atoms with van der Waals surface area (Å²) in [6, 6.07) is 2.05. The molecule has 0 aliphatic carbocycles. The number of carbonyl (C=O) groups is 1. The lowest BCUT2D eigenvalue weighted by atomic mass is 10.3. The molecule has 9 heteroatoms. The number of halogens is 2. The molecule has 0 heterocycles. The molecule has 0 aliphatic rings. The molecule has 1 rings (SSSR count). The molecule has 20 heavy (non-hydrogen) atoms. The Morgan fingerprint density at radius 2 is 2.15 bits per heavy atom. The molecule has 0 aliphatic heterocycles. The first-order valence-corrected chi connectivity index (χ1v) is 7.54. The van der Waals surface area contributed by atoms with Gasteiger partial charge >= 0.3 is 5.97 Å². The van der Waals surface area contributed by atoms with Gasteiger partial charge < -0.3 is 10.5 Å². The lowest BCUT2D eigenvalue weighted by Crippen LogP contribution is -2.27. The summed E-state index contributed by atoms with van der Waals surface area (Å²) in [6.07, 6.45) is -0.162. The van der Waals surface area contributed by atoms with Crippen LogP contribution in [0.5, 0.6) is 0 Å². The number of hydrogen-bond donors (Lipinski definition) is 2. The van der Waals surface area contributed by atoms with Crippen LogP contribution in [0.2, 0.25) is 5.02 Å². The van der Waals surface area contributed by atoms with E-state index in [2.05, 4.69) is 9.46 Å². The maximum absolute atomic E-state index is 13.7. The van der Waals surface area contributed by atoms with Gasteiger partial charge in [-0.2, -0.15) is 0 Å². The summed E-state index contributed by atoms with van der Waals surface area (Å²) in [5, 5.41) is -0.00494. The molecule has 0 unspecified atom stereocenters. The summed E-state index contributed by atoms with van der Waals surface area (Å²) in [5.41, 5.74) is 4.94. The van der Waals surface area contributed by atoms with E-state index in [1.54, 1.807) is 6.92 Å². The van der Waals surface area contributed by atoms with Crippen molar-refractivity contribution in [1.82, 2.24) is 4.72 Å². The second kappa shape index (κ2) is 6.87. The SMILES string of the molecule is CCOC(=O)CCNS(=O)(=O)c1cc(Cl)cc(N)c1F. The minimum Gasteiger partial charge on any atom is -0.466 e. The number of benzene rings is 1. The molecule has 0 saturated carbocycles. The molecule has 0 atom stereocenters. The highest BCUT2D eigenvalue weighted by molar-refractivity contribution is 7.89. The minimum absolute atomic E-state index is 0.00494. The lowest BCUT2D eigenvalue weighted by molar-refractivity contribution is -0.142. The molecule has 112 valence electrons. The van der Waals surface area contributed by atoms with Gasteiger partial charge in [0.25, 0.3) is 0 Å². The Hall–Kier alpha value is -1.38. The van der Waals surface area contributed by atoms with Crippen LogP contribution >= 0.6 is 11.6 Å². The fourth-order valence-corrected chi connectivity index (χ4v) is 2.83. The second-order valence-corrected chi connectivity index (χ2v) is 5.93. The summed E-state index contributed by atoms with van der Waals surface area (Å²) >= 11 is 5.64. The van der Waals surface area contributed by atoms with E-state index >= 15 is 0 Å². The number of nitrogen functional groups attached to an aromatic ring is 1. The summed E-state index contributed by atoms with van der Waals surface area (Å²) in [4.78, 5) is 10.4. The van der Waals surface area contributed by atoms with Crippen LogP contribution < -0.4 is 10.5 Å². The van der Waals surface area contributed by atoms with Gasteiger partial charge in [0.1, 0.15) is 4.90 Å². The Morgan fingerprint density at radius 3 is 2.75 bits per heavy atom. The third-order valence-corrected chi connectivity index (χ3v) is 3.93. The van der Waals surface area contributed by atoms with Crippen molar-refractivity contribution < 1.29 is 22.3 Å². The van der Waals surface area contributed by atoms with E-state index in [0.29, 0.717) is 0 Å². The smallest absolute Gasteiger partial charge is 0.307 e. The highest BCUT2D eigenvalue weighted by Crippen LogP contribution is 2.24. The van der Waals surface area contributed by atoms with Gasteiger partial charge in [-0.05, 0) is 19.1 Å². The van der Waals surface area contributed by atoms with Crippen LogP contribution in [-0.4, -0.2) is 27.5 Å². The monoisotopic (exact) mass is 324 g/mol. The fourth-order valence-electron chi connectivity index (χ4n) is 1.38. The number of anilines is 1. The maximum Gasteiger partial charge on any atom is 0.307 e. The van der Waals surface area contributed by atoms with Crippen LogP contribution in [0.3, 0.4) is 0 Å². The number of hydrogen-bond acceptors (Lipinski definition) is 5. The van der Waals surface area contributed by atoms with Gasteiger partial charge in [0.15, 0.2) is 5.82 Å². The van der Waals surface area contributed by atoms with Crippen molar-refractivity contribution in [3.8, 4) is 0 Å². The van der Waals surface area contributed by atoms with Gasteiger partial charge in [-0.1, -0.05) is 11.6 Å². The summed E-state index contributed by atoms with van der Waals surface area (Å²) < 4.78 is 44.2. The van der Waals surface area contributed by atoms with E-state index in [1.807, 2.05) is 0 Å². The van der Waals surface area contributed by atoms with Gasteiger partial charge in [0.05, 0.1) is 18.7 Å². The quantitative estimate of drug-likeness (QED) is 0.607. The number of nitrogens with two attached hydrogens (primary N) is 1. The molecule has 1 aromatic carbocycles. The van der Waals surface area contributed by atoms with Gasteiger partial charge in [-0.25, -0.2) is 17.5 Å². The van der Waals surface area contributed by atoms with Gasteiger partial charge in [-0.15, -0.1) is 0 Å². The summed E-state index contributed by atoms with van der Waals surface area (Å²) in [6.45, 7) is 1.62. The highest BCUT2D eigenvalue weighted by atomic mass is 35.5. The van der Waals surface area contributed by atoms with Crippen molar-refractivity contribution in [2.75, 3.05) is 18.9 Å². The first-order chi connectivity index (χ1) is 9.27. The molecule has 0 bridgehead atoms. The number of nitrogens with one attached hydrogen (secondary N) is 1. The molecule has 0 amide bonds. The van der Waals surface area contributed by atoms with E-state index in [4.69, 9.17) is 17.3 Å². The summed E-state index contributed by atoms with van der Waals surface area (Å²) in [5.74, 6) is -1.64. The average Bonchev–Trinajstić information content (AvgIpc) is 2.33. The predicted octanol–water partition coefficient (Wildman–Crippen LogP) is 1.29. The zero-order chi connectivity index (χ0) is 15.3. The van der Waals surface area contributed by atoms with Gasteiger partial charge in [-0.3, -0.25) is 4.79 Å². The minimum atomic E-state index is -4.14. The standard InChI is InChI=1S/C11H14ClFN2O4S/c1-2-19-10(16)3-4-15-20(17,18)9-6-7(12)5-8(14)11(9)13/h5-6,15H,2-4,14H2,1H3. The van der Waals surface area contributed by atoms with Crippen LogP contribution in [0.1, 0.15) is 13.3 Å². The third-order valence-electron chi connectivity index (χ3n) is 2.25. The molecule has 0 radical (unpaired) electrons. The van der Waals surface area contributed by atoms with E-state index in [9.17, 15) is 17.6 Å². The van der Waals surface area contributed by atoms with Crippen molar-refractivity contribution in [1.29, 1.82) is 0 Å². The van der Waals surface area contributed by atoms with Crippen molar-refractivity contribution in [2.45, 2.75) is 18.2 Å². The molecule has 1 aromatic rings. The van der Waals surface area contributed by atoms with Crippen LogP contribution in [0.25, 0.3) is 0 Å². The molecule has 0 spiro atoms. The zero-order valence-corrected chi connectivity index (χ0v) is 12.2. The van der Waals surface area contributed by atoms with E-state index in [0.717, 1.165) is 12.1 Å². The van der Waals surface area contributed by atoms with Crippen LogP contribution in [0.4, 0.5) is 10.1 Å². The van der Waals surface area contributed by atoms with E-state index in [1.165, 1.54) is 0 Å². The van der Waals surface area contributed by atoms with Crippen molar-refractivity contribution in [2.24, 2.45) is 0 Å². The van der Waals surface area contributed by atoms with E-state index in [-0.39, 0.29) is 30.3 Å². The Labute approximate surface area is 121 Å². The Morgan fingerprint density at radius 1 is 1.50 bits per heavy atom. The number of carbonyl (C=O) groups excluding carboxylic acids is 1. The van der Waals surface area contributed by atoms with Crippen molar-refractivity contribution in [3.63, 3.8) is 0 Å². The van der Waals surface area contributed by atoms with Crippen LogP contribution in [0, 0.1) is 5.82 Å². The van der Waals surface area contributed by atoms with Crippen molar-refractivity contribution >= 4 is 33.3 Å². The largest absolute Gasteiger partial charge is 0.466 e. The zero-order valence-electron chi connectivity index (χ0n) is 10.7. The number of ether oxygens (including phenoxy) is 1. The number of esters is 1. The van der Waals surface area contributed by atoms with Crippen molar-refractivity contribution in [3.05, 3.63) is 23.0 Å². The third kappa shape index (κ3) is 4.32. The molecule has 0 aromatic heterocycles. The van der Waals surface area contributed by atoms with Gasteiger partial charge in [0.2, 0.25) is 10.0 Å². The van der Waals surface area contributed by atoms with E-state index < -0.39 is 26.7 Å². The number of sulfonamides is 1. The summed E-state index contributed by atoms with van der Waals surface area (Å²) in [7, 11) is -4.14. The molecular weight excluding hydrogens is 311 g/mol. The topological polar surface area (TPSA) is 98.5 Å². The fraction of sp³-hybridized carbons (Fsp3) is 0.364. The predicted molar refractivity (Wildman–Crippen MR) is 72.3 cm³/mol. The Balaban J connectivity index is 2.82. The second-order valence-electron chi connectivity index (χ2n) is 3.76. The average molecular weight is 325 g/mol. The first kappa shape index (κ1) is 16.7. The van der Waals surface area contributed by atoms with Crippen LogP contribution in [-0.2, 0) is 19.6 Å². The molecule has 0 saturated heterocycles. The Bertz CT molecular complexity index is 607. The maximum atomic E-state index is 13.7. The normalized spacial score (nSPS) is 11.3. The molecular formula is C11H14ClFN2O4S. The Kier molecular flexibility index (Phi) is 5.73. The lowest BCUT2D eigenvalue weighted by Gasteiger charge is -2.09. The van der Waals surface area contributed by atoms with Gasteiger partial charge in [0, 0.05) is 11.6 Å². The highest BCUT2D eigenvalue weighted by Gasteiger charge is 2.21. The molecule has 0 fully saturated rings.